The molecular formula is C40H72O4. The minimum Gasteiger partial charge on any atom is -0.390 e. The molecule has 4 rings (SSSR count). The van der Waals surface area contributed by atoms with Crippen LogP contribution in [-0.4, -0.2) is 42.8 Å². The maximum Gasteiger partial charge on any atom is 0.0797 e. The molecule has 4 saturated carbocycles. The van der Waals surface area contributed by atoms with Crippen LogP contribution in [0.15, 0.2) is 25.3 Å². The summed E-state index contributed by atoms with van der Waals surface area (Å²) in [7, 11) is 0. The Morgan fingerprint density at radius 3 is 1.20 bits per heavy atom. The van der Waals surface area contributed by atoms with Crippen LogP contribution in [0.25, 0.3) is 0 Å². The molecule has 0 bridgehead atoms. The van der Waals surface area contributed by atoms with E-state index in [2.05, 4.69) is 54.7 Å². The van der Waals surface area contributed by atoms with E-state index < -0.39 is 22.4 Å². The van der Waals surface area contributed by atoms with Gasteiger partial charge in [-0.3, -0.25) is 0 Å². The van der Waals surface area contributed by atoms with Crippen molar-refractivity contribution < 1.29 is 20.4 Å². The average Bonchev–Trinajstić information content (AvgIpc) is 2.86. The van der Waals surface area contributed by atoms with Gasteiger partial charge in [-0.05, 0) is 150 Å². The molecule has 0 saturated heterocycles. The van der Waals surface area contributed by atoms with Crippen LogP contribution in [0.1, 0.15) is 159 Å². The summed E-state index contributed by atoms with van der Waals surface area (Å²) < 4.78 is 0. The van der Waals surface area contributed by atoms with Crippen LogP contribution in [0.4, 0.5) is 0 Å². The monoisotopic (exact) mass is 617 g/mol. The van der Waals surface area contributed by atoms with Gasteiger partial charge in [0, 0.05) is 0 Å². The standard InChI is InChI=1S/2C20H36O2/c2*1-7-18(4,21)13-9-16-19(5)12-8-11-17(2,3)15(19)10-14-20(16,6)22/h2*7,15-16,21-22H,1,8-14H2,2-6H3/t15?,16-,18+,19+,20-;15?,16-,18-,19+,20-/m11/s1. The first-order valence-corrected chi connectivity index (χ1v) is 18.1. The van der Waals surface area contributed by atoms with Gasteiger partial charge in [-0.25, -0.2) is 0 Å². The summed E-state index contributed by atoms with van der Waals surface area (Å²) in [6.07, 6.45) is 17.9. The van der Waals surface area contributed by atoms with E-state index in [1.165, 1.54) is 38.5 Å². The Kier molecular flexibility index (Phi) is 10.9. The Bertz CT molecular complexity index is 923. The van der Waals surface area contributed by atoms with Gasteiger partial charge in [0.25, 0.3) is 0 Å². The smallest absolute Gasteiger partial charge is 0.0797 e. The summed E-state index contributed by atoms with van der Waals surface area (Å²) in [5.41, 5.74) is -1.80. The van der Waals surface area contributed by atoms with E-state index >= 15 is 0 Å². The molecule has 44 heavy (non-hydrogen) atoms. The lowest BCUT2D eigenvalue weighted by molar-refractivity contribution is -0.172. The van der Waals surface area contributed by atoms with Gasteiger partial charge in [-0.15, -0.1) is 13.2 Å². The molecule has 4 aliphatic rings. The van der Waals surface area contributed by atoms with Gasteiger partial charge in [0.15, 0.2) is 0 Å². The van der Waals surface area contributed by atoms with E-state index in [9.17, 15) is 20.4 Å². The minimum atomic E-state index is -0.830. The largest absolute Gasteiger partial charge is 0.390 e. The quantitative estimate of drug-likeness (QED) is 0.205. The predicted octanol–water partition coefficient (Wildman–Crippen LogP) is 9.39. The van der Waals surface area contributed by atoms with Crippen molar-refractivity contribution in [2.24, 2.45) is 45.3 Å². The van der Waals surface area contributed by atoms with Crippen LogP contribution in [0.5, 0.6) is 0 Å². The van der Waals surface area contributed by atoms with Crippen LogP contribution in [0.3, 0.4) is 0 Å². The molecule has 4 heteroatoms. The summed E-state index contributed by atoms with van der Waals surface area (Å²) in [6, 6.07) is 0. The lowest BCUT2D eigenvalue weighted by Crippen LogP contribution is -2.57. The van der Waals surface area contributed by atoms with Gasteiger partial charge < -0.3 is 20.4 Å². The van der Waals surface area contributed by atoms with E-state index in [-0.39, 0.29) is 22.7 Å². The number of rotatable bonds is 8. The van der Waals surface area contributed by atoms with Crippen molar-refractivity contribution in [1.82, 2.24) is 0 Å². The molecule has 0 aromatic carbocycles. The van der Waals surface area contributed by atoms with Crippen LogP contribution < -0.4 is 0 Å². The van der Waals surface area contributed by atoms with Gasteiger partial charge in [0.1, 0.15) is 0 Å². The molecule has 2 unspecified atom stereocenters. The summed E-state index contributed by atoms with van der Waals surface area (Å²) in [4.78, 5) is 0. The number of hydrogen-bond donors (Lipinski definition) is 4. The fraction of sp³-hybridized carbons (Fsp3) is 0.900. The van der Waals surface area contributed by atoms with E-state index in [0.717, 1.165) is 38.5 Å². The fourth-order valence-electron chi connectivity index (χ4n) is 11.6. The molecule has 10 atom stereocenters. The molecule has 256 valence electrons. The Labute approximate surface area is 272 Å². The SMILES string of the molecule is C=C[C@@](C)(O)CC[C@@H]1[C@@]2(C)CCCC(C)(C)C2CC[C@@]1(C)O.C=C[C@](C)(O)CC[C@@H]1[C@@]2(C)CCCC(C)(C)C2CC[C@@]1(C)O. The predicted molar refractivity (Wildman–Crippen MR) is 185 cm³/mol. The van der Waals surface area contributed by atoms with E-state index in [1.807, 2.05) is 27.7 Å². The molecule has 0 aromatic heterocycles. The molecule has 4 aliphatic carbocycles. The zero-order valence-electron chi connectivity index (χ0n) is 30.6. The number of fused-ring (bicyclic) bond motifs is 2. The maximum atomic E-state index is 11.1. The van der Waals surface area contributed by atoms with Crippen molar-refractivity contribution in [3.05, 3.63) is 25.3 Å². The molecule has 0 amide bonds. The molecular weight excluding hydrogens is 544 g/mol. The normalized spacial score (nSPS) is 44.0. The average molecular weight is 617 g/mol. The van der Waals surface area contributed by atoms with Gasteiger partial charge >= 0.3 is 0 Å². The highest BCUT2D eigenvalue weighted by atomic mass is 16.3. The summed E-state index contributed by atoms with van der Waals surface area (Å²) in [5, 5.41) is 42.8. The summed E-state index contributed by atoms with van der Waals surface area (Å²) in [5.74, 6) is 1.86. The fourth-order valence-corrected chi connectivity index (χ4v) is 11.6. The highest BCUT2D eigenvalue weighted by Gasteiger charge is 2.59. The van der Waals surface area contributed by atoms with Crippen molar-refractivity contribution in [1.29, 1.82) is 0 Å². The highest BCUT2D eigenvalue weighted by molar-refractivity contribution is 5.09. The molecule has 4 fully saturated rings. The van der Waals surface area contributed by atoms with Crippen molar-refractivity contribution in [2.45, 2.75) is 182 Å². The number of aliphatic hydroxyl groups is 4. The first-order valence-electron chi connectivity index (χ1n) is 18.1. The topological polar surface area (TPSA) is 80.9 Å². The second-order valence-corrected chi connectivity index (χ2v) is 18.9. The first-order chi connectivity index (χ1) is 19.9. The second kappa shape index (κ2) is 12.7. The lowest BCUT2D eigenvalue weighted by Gasteiger charge is -2.61. The molecule has 4 nitrogen and oxygen atoms in total. The van der Waals surface area contributed by atoms with Crippen LogP contribution in [0, 0.1) is 45.3 Å². The van der Waals surface area contributed by atoms with Gasteiger partial charge in [0.2, 0.25) is 0 Å². The third-order valence-corrected chi connectivity index (χ3v) is 14.3. The molecule has 0 aromatic rings. The zero-order chi connectivity index (χ0) is 33.6. The maximum absolute atomic E-state index is 11.1. The molecule has 0 heterocycles. The van der Waals surface area contributed by atoms with E-state index in [0.29, 0.717) is 35.5 Å². The van der Waals surface area contributed by atoms with Gasteiger partial charge in [-0.1, -0.05) is 66.5 Å². The third kappa shape index (κ3) is 7.71. The molecule has 0 spiro atoms. The minimum absolute atomic E-state index is 0.181. The van der Waals surface area contributed by atoms with Gasteiger partial charge in [-0.2, -0.15) is 0 Å². The Hall–Kier alpha value is -0.680. The first kappa shape index (κ1) is 37.8. The Morgan fingerprint density at radius 1 is 0.591 bits per heavy atom. The van der Waals surface area contributed by atoms with E-state index in [4.69, 9.17) is 0 Å². The second-order valence-electron chi connectivity index (χ2n) is 18.9. The van der Waals surface area contributed by atoms with Crippen LogP contribution in [0.2, 0.25) is 0 Å². The zero-order valence-corrected chi connectivity index (χ0v) is 30.6. The number of hydrogen-bond acceptors (Lipinski definition) is 4. The lowest BCUT2D eigenvalue weighted by atomic mass is 9.45. The third-order valence-electron chi connectivity index (χ3n) is 14.3. The summed E-state index contributed by atoms with van der Waals surface area (Å²) in [6.45, 7) is 29.6. The molecule has 0 radical (unpaired) electrons. The van der Waals surface area contributed by atoms with Crippen molar-refractivity contribution in [2.75, 3.05) is 0 Å². The Balaban J connectivity index is 0.000000240. The Morgan fingerprint density at radius 2 is 0.909 bits per heavy atom. The molecule has 0 aliphatic heterocycles. The van der Waals surface area contributed by atoms with Crippen molar-refractivity contribution in [3.63, 3.8) is 0 Å². The summed E-state index contributed by atoms with van der Waals surface area (Å²) >= 11 is 0. The molecule has 4 N–H and O–H groups in total. The van der Waals surface area contributed by atoms with Crippen molar-refractivity contribution in [3.8, 4) is 0 Å². The highest BCUT2D eigenvalue weighted by Crippen LogP contribution is 2.64. The van der Waals surface area contributed by atoms with Crippen molar-refractivity contribution >= 4 is 0 Å². The van der Waals surface area contributed by atoms with Gasteiger partial charge in [0.05, 0.1) is 22.4 Å². The van der Waals surface area contributed by atoms with E-state index in [1.54, 1.807) is 12.2 Å². The van der Waals surface area contributed by atoms with Crippen LogP contribution >= 0.6 is 0 Å². The van der Waals surface area contributed by atoms with Crippen LogP contribution in [-0.2, 0) is 0 Å².